The van der Waals surface area contributed by atoms with Crippen molar-refractivity contribution in [1.82, 2.24) is 9.88 Å². The van der Waals surface area contributed by atoms with E-state index in [9.17, 15) is 13.6 Å². The number of ether oxygens (including phenoxy) is 2. The Balaban J connectivity index is 1.43. The summed E-state index contributed by atoms with van der Waals surface area (Å²) >= 11 is 7.71. The average Bonchev–Trinajstić information content (AvgIpc) is 3.16. The van der Waals surface area contributed by atoms with Crippen molar-refractivity contribution >= 4 is 39.1 Å². The van der Waals surface area contributed by atoms with Gasteiger partial charge in [0, 0.05) is 29.6 Å². The molecule has 2 aromatic carbocycles. The van der Waals surface area contributed by atoms with Crippen LogP contribution in [0.2, 0.25) is 5.02 Å². The van der Waals surface area contributed by atoms with E-state index in [1.54, 1.807) is 16.2 Å². The fraction of sp³-hybridized carbons (Fsp3) is 0.333. The van der Waals surface area contributed by atoms with Gasteiger partial charge in [-0.2, -0.15) is 8.78 Å². The van der Waals surface area contributed by atoms with Crippen molar-refractivity contribution in [3.8, 4) is 11.5 Å². The van der Waals surface area contributed by atoms with Crippen LogP contribution in [-0.2, 0) is 0 Å². The Labute approximate surface area is 181 Å². The Bertz CT molecular complexity index is 1070. The van der Waals surface area contributed by atoms with Crippen molar-refractivity contribution in [3.05, 3.63) is 52.0 Å². The second kappa shape index (κ2) is 8.73. The summed E-state index contributed by atoms with van der Waals surface area (Å²) in [6.07, 6.45) is 1.62. The molecule has 1 aromatic heterocycles. The molecule has 0 N–H and O–H groups in total. The topological polar surface area (TPSA) is 51.7 Å². The zero-order valence-electron chi connectivity index (χ0n) is 16.1. The highest BCUT2D eigenvalue weighted by Gasteiger charge is 2.27. The summed E-state index contributed by atoms with van der Waals surface area (Å²) in [5.74, 6) is 0.135. The SMILES string of the molecule is COc1cc(C(=O)N2CCC(c3nc4cc(Cl)ccc4s3)CC2)ccc1OC(F)F. The van der Waals surface area contributed by atoms with Crippen LogP contribution in [0.15, 0.2) is 36.4 Å². The van der Waals surface area contributed by atoms with Crippen molar-refractivity contribution in [2.24, 2.45) is 0 Å². The van der Waals surface area contributed by atoms with Crippen molar-refractivity contribution in [2.75, 3.05) is 20.2 Å². The molecule has 0 aliphatic carbocycles. The van der Waals surface area contributed by atoms with Gasteiger partial charge in [-0.25, -0.2) is 4.98 Å². The van der Waals surface area contributed by atoms with Gasteiger partial charge < -0.3 is 14.4 Å². The summed E-state index contributed by atoms with van der Waals surface area (Å²) in [6.45, 7) is -1.77. The molecule has 1 amide bonds. The largest absolute Gasteiger partial charge is 0.493 e. The molecule has 0 radical (unpaired) electrons. The zero-order chi connectivity index (χ0) is 21.3. The van der Waals surface area contributed by atoms with Gasteiger partial charge in [0.05, 0.1) is 22.3 Å². The van der Waals surface area contributed by atoms with Crippen LogP contribution in [0.25, 0.3) is 10.2 Å². The number of carbonyl (C=O) groups is 1. The minimum atomic E-state index is -2.96. The molecule has 158 valence electrons. The molecule has 0 bridgehead atoms. The number of amides is 1. The van der Waals surface area contributed by atoms with Crippen LogP contribution < -0.4 is 9.47 Å². The summed E-state index contributed by atoms with van der Waals surface area (Å²) in [7, 11) is 1.35. The van der Waals surface area contributed by atoms with Crippen molar-refractivity contribution in [2.45, 2.75) is 25.4 Å². The standard InChI is InChI=1S/C21H19ClF2N2O3S/c1-28-17-10-13(2-4-16(17)29-21(23)24)20(27)26-8-6-12(7-9-26)19-25-15-11-14(22)3-5-18(15)30-19/h2-5,10-12,21H,6-9H2,1H3. The van der Waals surface area contributed by atoms with Gasteiger partial charge in [-0.15, -0.1) is 11.3 Å². The van der Waals surface area contributed by atoms with E-state index in [1.165, 1.54) is 25.3 Å². The maximum atomic E-state index is 12.9. The number of nitrogens with zero attached hydrogens (tertiary/aromatic N) is 2. The number of benzene rings is 2. The smallest absolute Gasteiger partial charge is 0.387 e. The summed E-state index contributed by atoms with van der Waals surface area (Å²) in [5.41, 5.74) is 1.28. The maximum Gasteiger partial charge on any atom is 0.387 e. The summed E-state index contributed by atoms with van der Waals surface area (Å²) < 4.78 is 35.6. The normalized spacial score (nSPS) is 15.0. The Morgan fingerprint density at radius 1 is 1.20 bits per heavy atom. The number of carbonyl (C=O) groups excluding carboxylic acids is 1. The highest BCUT2D eigenvalue weighted by molar-refractivity contribution is 7.18. The van der Waals surface area contributed by atoms with Crippen molar-refractivity contribution in [1.29, 1.82) is 0 Å². The van der Waals surface area contributed by atoms with Gasteiger partial charge in [-0.05, 0) is 49.2 Å². The third-order valence-electron chi connectivity index (χ3n) is 5.12. The van der Waals surface area contributed by atoms with Crippen molar-refractivity contribution in [3.63, 3.8) is 0 Å². The first-order valence-electron chi connectivity index (χ1n) is 9.42. The third kappa shape index (κ3) is 4.34. The minimum Gasteiger partial charge on any atom is -0.493 e. The Morgan fingerprint density at radius 3 is 2.67 bits per heavy atom. The molecule has 0 spiro atoms. The second-order valence-electron chi connectivity index (χ2n) is 6.97. The van der Waals surface area contributed by atoms with Gasteiger partial charge in [0.15, 0.2) is 11.5 Å². The molecule has 1 aliphatic rings. The number of piperidine rings is 1. The molecule has 0 saturated carbocycles. The number of alkyl halides is 2. The van der Waals surface area contributed by atoms with E-state index >= 15 is 0 Å². The van der Waals surface area contributed by atoms with Crippen LogP contribution >= 0.6 is 22.9 Å². The molecule has 1 aliphatic heterocycles. The lowest BCUT2D eigenvalue weighted by atomic mass is 9.97. The van der Waals surface area contributed by atoms with Crippen LogP contribution in [0.1, 0.15) is 34.1 Å². The average molecular weight is 453 g/mol. The fourth-order valence-electron chi connectivity index (χ4n) is 3.60. The first kappa shape index (κ1) is 20.8. The molecule has 9 heteroatoms. The Morgan fingerprint density at radius 2 is 1.97 bits per heavy atom. The number of aromatic nitrogens is 1. The van der Waals surface area contributed by atoms with Gasteiger partial charge >= 0.3 is 6.61 Å². The van der Waals surface area contributed by atoms with E-state index in [-0.39, 0.29) is 17.4 Å². The second-order valence-corrected chi connectivity index (χ2v) is 8.47. The molecular weight excluding hydrogens is 434 g/mol. The van der Waals surface area contributed by atoms with E-state index in [0.717, 1.165) is 28.1 Å². The molecule has 1 saturated heterocycles. The summed E-state index contributed by atoms with van der Waals surface area (Å²) in [5, 5.41) is 1.73. The summed E-state index contributed by atoms with van der Waals surface area (Å²) in [4.78, 5) is 19.4. The highest BCUT2D eigenvalue weighted by Crippen LogP contribution is 2.35. The Hall–Kier alpha value is -2.45. The molecule has 2 heterocycles. The third-order valence-corrected chi connectivity index (χ3v) is 6.56. The maximum absolute atomic E-state index is 12.9. The molecule has 30 heavy (non-hydrogen) atoms. The zero-order valence-corrected chi connectivity index (χ0v) is 17.7. The number of methoxy groups -OCH3 is 1. The number of hydrogen-bond acceptors (Lipinski definition) is 5. The quantitative estimate of drug-likeness (QED) is 0.507. The fourth-order valence-corrected chi connectivity index (χ4v) is 4.88. The predicted octanol–water partition coefficient (Wildman–Crippen LogP) is 5.58. The molecule has 0 atom stereocenters. The van der Waals surface area contributed by atoms with Gasteiger partial charge in [-0.1, -0.05) is 11.6 Å². The predicted molar refractivity (Wildman–Crippen MR) is 112 cm³/mol. The number of hydrogen-bond donors (Lipinski definition) is 0. The molecule has 3 aromatic rings. The van der Waals surface area contributed by atoms with E-state index in [4.69, 9.17) is 21.3 Å². The monoisotopic (exact) mass is 452 g/mol. The molecule has 0 unspecified atom stereocenters. The molecule has 5 nitrogen and oxygen atoms in total. The van der Waals surface area contributed by atoms with Gasteiger partial charge in [-0.3, -0.25) is 4.79 Å². The number of rotatable bonds is 5. The summed E-state index contributed by atoms with van der Waals surface area (Å²) in [6, 6.07) is 9.95. The van der Waals surface area contributed by atoms with Crippen LogP contribution in [0, 0.1) is 0 Å². The lowest BCUT2D eigenvalue weighted by Gasteiger charge is -2.31. The van der Waals surface area contributed by atoms with Gasteiger partial charge in [0.1, 0.15) is 0 Å². The number of thiazole rings is 1. The van der Waals surface area contributed by atoms with Crippen molar-refractivity contribution < 1.29 is 23.0 Å². The van der Waals surface area contributed by atoms with Crippen LogP contribution in [0.5, 0.6) is 11.5 Å². The van der Waals surface area contributed by atoms with Crippen LogP contribution in [0.3, 0.4) is 0 Å². The Kier molecular flexibility index (Phi) is 6.06. The van der Waals surface area contributed by atoms with Gasteiger partial charge in [0.25, 0.3) is 5.91 Å². The van der Waals surface area contributed by atoms with Crippen LogP contribution in [0.4, 0.5) is 8.78 Å². The lowest BCUT2D eigenvalue weighted by Crippen LogP contribution is -2.37. The molecule has 1 fully saturated rings. The van der Waals surface area contributed by atoms with E-state index in [1.807, 2.05) is 18.2 Å². The molecule has 4 rings (SSSR count). The van der Waals surface area contributed by atoms with Gasteiger partial charge in [0.2, 0.25) is 0 Å². The first-order chi connectivity index (χ1) is 14.4. The molecular formula is C21H19ClF2N2O3S. The highest BCUT2D eigenvalue weighted by atomic mass is 35.5. The number of halogens is 3. The van der Waals surface area contributed by atoms with Crippen LogP contribution in [-0.4, -0.2) is 42.6 Å². The number of fused-ring (bicyclic) bond motifs is 1. The van der Waals surface area contributed by atoms with E-state index < -0.39 is 6.61 Å². The van der Waals surface area contributed by atoms with E-state index in [2.05, 4.69) is 4.74 Å². The number of likely N-dealkylation sites (tertiary alicyclic amines) is 1. The van der Waals surface area contributed by atoms with E-state index in [0.29, 0.717) is 29.6 Å². The first-order valence-corrected chi connectivity index (χ1v) is 10.6. The minimum absolute atomic E-state index is 0.0984. The lowest BCUT2D eigenvalue weighted by molar-refractivity contribution is -0.0512.